The van der Waals surface area contributed by atoms with Crippen molar-refractivity contribution in [3.63, 3.8) is 0 Å². The Morgan fingerprint density at radius 1 is 1.21 bits per heavy atom. The summed E-state index contributed by atoms with van der Waals surface area (Å²) in [7, 11) is 1.50. The van der Waals surface area contributed by atoms with Gasteiger partial charge in [0.25, 0.3) is 0 Å². The van der Waals surface area contributed by atoms with Crippen LogP contribution >= 0.6 is 11.6 Å². The number of carbonyl (C=O) groups excluding carboxylic acids is 1. The van der Waals surface area contributed by atoms with Crippen molar-refractivity contribution in [1.82, 2.24) is 0 Å². The van der Waals surface area contributed by atoms with E-state index in [1.807, 2.05) is 6.07 Å². The Morgan fingerprint density at radius 3 is 2.62 bits per heavy atom. The van der Waals surface area contributed by atoms with E-state index in [1.54, 1.807) is 48.5 Å². The first kappa shape index (κ1) is 17.4. The first-order valence-corrected chi connectivity index (χ1v) is 7.33. The number of ether oxygens (including phenoxy) is 3. The maximum absolute atomic E-state index is 11.8. The lowest BCUT2D eigenvalue weighted by Crippen LogP contribution is -2.03. The van der Waals surface area contributed by atoms with Crippen molar-refractivity contribution in [2.75, 3.05) is 13.7 Å². The molecule has 0 atom stereocenters. The van der Waals surface area contributed by atoms with Crippen molar-refractivity contribution in [3.05, 3.63) is 59.1 Å². The quantitative estimate of drug-likeness (QED) is 0.452. The standard InChI is InChI=1S/C18H14ClNO4/c1-22-17-12-13(2-8-16(17)23-11-10-20)3-9-18(21)24-15-6-4-14(19)5-7-15/h2-9,12H,11H2,1H3/b9-3+. The highest BCUT2D eigenvalue weighted by atomic mass is 35.5. The van der Waals surface area contributed by atoms with Gasteiger partial charge in [-0.15, -0.1) is 0 Å². The number of hydrogen-bond acceptors (Lipinski definition) is 5. The van der Waals surface area contributed by atoms with Gasteiger partial charge >= 0.3 is 5.97 Å². The number of nitriles is 1. The van der Waals surface area contributed by atoms with Crippen LogP contribution in [0.25, 0.3) is 6.08 Å². The Hall–Kier alpha value is -2.97. The Kier molecular flexibility index (Phi) is 6.23. The highest BCUT2D eigenvalue weighted by molar-refractivity contribution is 6.30. The number of hydrogen-bond donors (Lipinski definition) is 0. The number of methoxy groups -OCH3 is 1. The van der Waals surface area contributed by atoms with E-state index < -0.39 is 5.97 Å². The summed E-state index contributed by atoms with van der Waals surface area (Å²) in [5, 5.41) is 9.11. The van der Waals surface area contributed by atoms with Crippen LogP contribution in [0.1, 0.15) is 5.56 Å². The molecule has 6 heteroatoms. The zero-order chi connectivity index (χ0) is 17.4. The normalized spacial score (nSPS) is 10.2. The molecule has 0 aromatic heterocycles. The van der Waals surface area contributed by atoms with Crippen LogP contribution in [0, 0.1) is 11.3 Å². The second-order valence-electron chi connectivity index (χ2n) is 4.57. The lowest BCUT2D eigenvalue weighted by molar-refractivity contribution is -0.128. The Labute approximate surface area is 144 Å². The Balaban J connectivity index is 2.03. The molecular weight excluding hydrogens is 330 g/mol. The molecule has 2 aromatic rings. The van der Waals surface area contributed by atoms with Gasteiger partial charge in [0.1, 0.15) is 11.8 Å². The minimum Gasteiger partial charge on any atom is -0.493 e. The monoisotopic (exact) mass is 343 g/mol. The summed E-state index contributed by atoms with van der Waals surface area (Å²) in [6, 6.07) is 13.5. The fourth-order valence-corrected chi connectivity index (χ4v) is 1.96. The maximum atomic E-state index is 11.8. The van der Waals surface area contributed by atoms with Crippen molar-refractivity contribution in [2.45, 2.75) is 0 Å². The molecule has 0 saturated carbocycles. The summed E-state index contributed by atoms with van der Waals surface area (Å²) in [4.78, 5) is 11.8. The highest BCUT2D eigenvalue weighted by Crippen LogP contribution is 2.28. The van der Waals surface area contributed by atoms with Crippen LogP contribution in [0.5, 0.6) is 17.2 Å². The maximum Gasteiger partial charge on any atom is 0.336 e. The average Bonchev–Trinajstić information content (AvgIpc) is 2.60. The van der Waals surface area contributed by atoms with E-state index in [4.69, 9.17) is 31.1 Å². The first-order chi connectivity index (χ1) is 11.6. The van der Waals surface area contributed by atoms with Gasteiger partial charge in [-0.2, -0.15) is 5.26 Å². The van der Waals surface area contributed by atoms with E-state index in [0.717, 1.165) is 5.56 Å². The summed E-state index contributed by atoms with van der Waals surface area (Å²) in [5.41, 5.74) is 0.726. The van der Waals surface area contributed by atoms with E-state index in [9.17, 15) is 4.79 Å². The van der Waals surface area contributed by atoms with E-state index >= 15 is 0 Å². The summed E-state index contributed by atoms with van der Waals surface area (Å²) in [5.74, 6) is 0.825. The topological polar surface area (TPSA) is 68.6 Å². The van der Waals surface area contributed by atoms with Crippen LogP contribution < -0.4 is 14.2 Å². The number of benzene rings is 2. The smallest absolute Gasteiger partial charge is 0.336 e. The van der Waals surface area contributed by atoms with Crippen LogP contribution in [-0.2, 0) is 4.79 Å². The SMILES string of the molecule is COc1cc(/C=C/C(=O)Oc2ccc(Cl)cc2)ccc1OCC#N. The van der Waals surface area contributed by atoms with Gasteiger partial charge in [-0.25, -0.2) is 4.79 Å². The Bertz CT molecular complexity index is 779. The summed E-state index contributed by atoms with van der Waals surface area (Å²) in [6.45, 7) is -0.0705. The van der Waals surface area contributed by atoms with Crippen molar-refractivity contribution < 1.29 is 19.0 Å². The van der Waals surface area contributed by atoms with Crippen LogP contribution in [0.15, 0.2) is 48.5 Å². The molecule has 0 unspecified atom stereocenters. The van der Waals surface area contributed by atoms with Gasteiger partial charge in [0, 0.05) is 11.1 Å². The third-order valence-electron chi connectivity index (χ3n) is 2.92. The van der Waals surface area contributed by atoms with Crippen LogP contribution in [0.3, 0.4) is 0 Å². The van der Waals surface area contributed by atoms with Gasteiger partial charge in [-0.1, -0.05) is 17.7 Å². The molecule has 0 aliphatic heterocycles. The molecule has 0 amide bonds. The van der Waals surface area contributed by atoms with Crippen LogP contribution in [0.2, 0.25) is 5.02 Å². The second-order valence-corrected chi connectivity index (χ2v) is 5.00. The molecule has 0 aliphatic rings. The molecule has 2 rings (SSSR count). The number of nitrogens with zero attached hydrogens (tertiary/aromatic N) is 1. The van der Waals surface area contributed by atoms with Crippen molar-refractivity contribution in [2.24, 2.45) is 0 Å². The van der Waals surface area contributed by atoms with Gasteiger partial charge in [-0.05, 0) is 48.0 Å². The predicted molar refractivity (Wildman–Crippen MR) is 90.2 cm³/mol. The van der Waals surface area contributed by atoms with Crippen LogP contribution in [0.4, 0.5) is 0 Å². The third kappa shape index (κ3) is 5.04. The highest BCUT2D eigenvalue weighted by Gasteiger charge is 2.05. The largest absolute Gasteiger partial charge is 0.493 e. The number of esters is 1. The summed E-state index contributed by atoms with van der Waals surface area (Å²) < 4.78 is 15.6. The average molecular weight is 344 g/mol. The molecular formula is C18H14ClNO4. The van der Waals surface area contributed by atoms with E-state index in [-0.39, 0.29) is 6.61 Å². The Morgan fingerprint density at radius 2 is 1.96 bits per heavy atom. The van der Waals surface area contributed by atoms with Gasteiger partial charge in [-0.3, -0.25) is 0 Å². The lowest BCUT2D eigenvalue weighted by atomic mass is 10.2. The molecule has 0 aliphatic carbocycles. The zero-order valence-corrected chi connectivity index (χ0v) is 13.6. The fourth-order valence-electron chi connectivity index (χ4n) is 1.83. The van der Waals surface area contributed by atoms with Crippen LogP contribution in [-0.4, -0.2) is 19.7 Å². The second kappa shape index (κ2) is 8.61. The molecule has 0 radical (unpaired) electrons. The number of rotatable bonds is 6. The van der Waals surface area contributed by atoms with Crippen molar-refractivity contribution in [1.29, 1.82) is 5.26 Å². The van der Waals surface area contributed by atoms with E-state index in [0.29, 0.717) is 22.3 Å². The van der Waals surface area contributed by atoms with E-state index in [1.165, 1.54) is 13.2 Å². The molecule has 5 nitrogen and oxygen atoms in total. The molecule has 0 saturated heterocycles. The molecule has 2 aromatic carbocycles. The molecule has 0 bridgehead atoms. The zero-order valence-electron chi connectivity index (χ0n) is 12.9. The number of halogens is 1. The molecule has 24 heavy (non-hydrogen) atoms. The van der Waals surface area contributed by atoms with Gasteiger partial charge in [0.15, 0.2) is 18.1 Å². The molecule has 0 heterocycles. The minimum absolute atomic E-state index is 0.0705. The third-order valence-corrected chi connectivity index (χ3v) is 3.18. The van der Waals surface area contributed by atoms with Gasteiger partial charge < -0.3 is 14.2 Å². The van der Waals surface area contributed by atoms with Crippen molar-refractivity contribution in [3.8, 4) is 23.3 Å². The molecule has 0 spiro atoms. The first-order valence-electron chi connectivity index (χ1n) is 6.95. The van der Waals surface area contributed by atoms with Gasteiger partial charge in [0.2, 0.25) is 0 Å². The minimum atomic E-state index is -0.513. The number of carbonyl (C=O) groups is 1. The lowest BCUT2D eigenvalue weighted by Gasteiger charge is -2.08. The van der Waals surface area contributed by atoms with Crippen molar-refractivity contribution >= 4 is 23.6 Å². The molecule has 0 N–H and O–H groups in total. The predicted octanol–water partition coefficient (Wildman–Crippen LogP) is 3.87. The van der Waals surface area contributed by atoms with E-state index in [2.05, 4.69) is 0 Å². The molecule has 122 valence electrons. The van der Waals surface area contributed by atoms with Gasteiger partial charge in [0.05, 0.1) is 7.11 Å². The molecule has 0 fully saturated rings. The summed E-state index contributed by atoms with van der Waals surface area (Å²) >= 11 is 5.77. The fraction of sp³-hybridized carbons (Fsp3) is 0.111. The summed E-state index contributed by atoms with van der Waals surface area (Å²) in [6.07, 6.45) is 2.90.